The van der Waals surface area contributed by atoms with Crippen LogP contribution in [0.15, 0.2) is 59.6 Å². The molecule has 7 atom stereocenters. The van der Waals surface area contributed by atoms with E-state index >= 15 is 0 Å². The Morgan fingerprint density at radius 3 is 1.32 bits per heavy atom. The van der Waals surface area contributed by atoms with Crippen LogP contribution in [0, 0.1) is 31.8 Å². The Bertz CT molecular complexity index is 2120. The van der Waals surface area contributed by atoms with E-state index in [2.05, 4.69) is 20.9 Å². The fraction of sp³-hybridized carbons (Fsp3) is 0.226. The highest BCUT2D eigenvalue weighted by Gasteiger charge is 2.34. The van der Waals surface area contributed by atoms with Gasteiger partial charge in [-0.3, -0.25) is 70.3 Å². The Morgan fingerprint density at radius 1 is 0.571 bits per heavy atom. The van der Waals surface area contributed by atoms with Crippen LogP contribution < -0.4 is 87.6 Å². The largest absolute Gasteiger partial charge is 0.370 e. The Hall–Kier alpha value is -9.20. The highest BCUT2D eigenvalue weighted by Crippen LogP contribution is 2.14. The number of non-ortho nitro benzene ring substituents is 1. The summed E-state index contributed by atoms with van der Waals surface area (Å²) in [6.45, 7) is 0. The minimum Gasteiger partial charge on any atom is -0.370 e. The predicted octanol–water partition coefficient (Wildman–Crippen LogP) is -9.22. The second kappa shape index (κ2) is 23.4. The molecule has 0 bridgehead atoms. The molecule has 0 radical (unpaired) electrons. The van der Waals surface area contributed by atoms with Gasteiger partial charge in [0, 0.05) is 18.3 Å². The molecule has 2 aromatic rings. The fourth-order valence-electron chi connectivity index (χ4n) is 4.57. The number of nitrogens with one attached hydrogen (secondary N) is 14. The minimum atomic E-state index is -2.15. The van der Waals surface area contributed by atoms with Crippen molar-refractivity contribution in [2.24, 2.45) is 39.4 Å². The van der Waals surface area contributed by atoms with Crippen molar-refractivity contribution in [2.45, 2.75) is 43.1 Å². The SMILES string of the molecule is N=C(N)NC(NC(=O)C(NC(=N)N)NC(=O)C(NC(=N)N)NC(=O)C(NC(=N)N)NC(=O)C(NC(=O)C(O)/N=C/c1ccc([N+](=O)[O-])cc1)c1ccccc1)C(=O)NC(N)C(N)=O. The number of carbonyl (C=O) groups is 7. The summed E-state index contributed by atoms with van der Waals surface area (Å²) < 4.78 is 0. The van der Waals surface area contributed by atoms with Crippen LogP contribution in [0.4, 0.5) is 5.69 Å². The summed E-state index contributed by atoms with van der Waals surface area (Å²) in [7, 11) is 0. The number of aliphatic imine (C=N–C) groups is 1. The van der Waals surface area contributed by atoms with Gasteiger partial charge in [0.2, 0.25) is 12.1 Å². The second-order valence-corrected chi connectivity index (χ2v) is 12.2. The van der Waals surface area contributed by atoms with Crippen LogP contribution in [0.5, 0.6) is 0 Å². The summed E-state index contributed by atoms with van der Waals surface area (Å²) in [4.78, 5) is 105. The van der Waals surface area contributed by atoms with Crippen molar-refractivity contribution in [2.75, 3.05) is 0 Å². The first-order valence-corrected chi connectivity index (χ1v) is 17.3. The summed E-state index contributed by atoms with van der Waals surface area (Å²) in [6, 6.07) is 10.5. The molecule has 0 saturated carbocycles. The summed E-state index contributed by atoms with van der Waals surface area (Å²) in [6.07, 6.45) is -11.2. The molecule has 338 valence electrons. The number of nitro groups is 1. The van der Waals surface area contributed by atoms with Gasteiger partial charge in [-0.25, -0.2) is 0 Å². The third-order valence-corrected chi connectivity index (χ3v) is 7.38. The molecule has 32 heteroatoms. The van der Waals surface area contributed by atoms with Crippen LogP contribution in [0.25, 0.3) is 0 Å². The van der Waals surface area contributed by atoms with Gasteiger partial charge in [-0.2, -0.15) is 0 Å². The molecule has 63 heavy (non-hydrogen) atoms. The maximum absolute atomic E-state index is 13.7. The maximum Gasteiger partial charge on any atom is 0.272 e. The predicted molar refractivity (Wildman–Crippen MR) is 217 cm³/mol. The van der Waals surface area contributed by atoms with Crippen molar-refractivity contribution in [3.8, 4) is 0 Å². The molecule has 27 N–H and O–H groups in total. The van der Waals surface area contributed by atoms with Crippen molar-refractivity contribution < 1.29 is 43.6 Å². The van der Waals surface area contributed by atoms with Crippen LogP contribution in [-0.4, -0.2) is 118 Å². The van der Waals surface area contributed by atoms with Gasteiger partial charge in [-0.05, 0) is 23.3 Å². The van der Waals surface area contributed by atoms with E-state index in [1.165, 1.54) is 36.4 Å². The molecule has 0 aliphatic carbocycles. The Morgan fingerprint density at radius 2 is 0.952 bits per heavy atom. The van der Waals surface area contributed by atoms with Gasteiger partial charge in [0.1, 0.15) is 6.04 Å². The number of guanidine groups is 4. The molecule has 7 unspecified atom stereocenters. The number of aliphatic hydroxyl groups is 1. The average molecular weight is 885 g/mol. The second-order valence-electron chi connectivity index (χ2n) is 12.2. The highest BCUT2D eigenvalue weighted by atomic mass is 16.6. The van der Waals surface area contributed by atoms with Crippen LogP contribution >= 0.6 is 0 Å². The van der Waals surface area contributed by atoms with E-state index < -0.39 is 113 Å². The van der Waals surface area contributed by atoms with Crippen LogP contribution in [0.1, 0.15) is 17.2 Å². The van der Waals surface area contributed by atoms with Crippen LogP contribution in [-0.2, 0) is 33.6 Å². The van der Waals surface area contributed by atoms with Crippen molar-refractivity contribution in [3.63, 3.8) is 0 Å². The Kier molecular flexibility index (Phi) is 18.6. The molecule has 2 aromatic carbocycles. The number of aliphatic hydroxyl groups excluding tert-OH is 1. The fourth-order valence-corrected chi connectivity index (χ4v) is 4.57. The lowest BCUT2D eigenvalue weighted by Crippen LogP contribution is -2.69. The highest BCUT2D eigenvalue weighted by molar-refractivity contribution is 6.00. The topological polar surface area (TPSA) is 567 Å². The standard InChI is InChI=1S/C31H44N22O10/c32-15(16(33)54)44-22(56)17(49-28(34)35)46-24(58)19(51-30(38)39)48-25(59)20(52-31(40)41)47-23(57)18(50-29(36)37)45-21(55)14(12-4-2-1-3-5-12)43-27(61)26(60)42-10-11-6-8-13(9-7-11)53(62)63/h1-10,14-15,17-20,26,60H,32H2,(H2,33,54)(H,43,61)(H,44,56)(H,45,55)(H,46,58)(H,47,57)(H,48,59)(H4,34,35,49)(H4,36,37,50)(H4,38,39,51)(H4,40,41,52)/b42-10+. The zero-order valence-corrected chi connectivity index (χ0v) is 32.3. The van der Waals surface area contributed by atoms with E-state index in [0.29, 0.717) is 0 Å². The lowest BCUT2D eigenvalue weighted by Gasteiger charge is -2.28. The van der Waals surface area contributed by atoms with Crippen molar-refractivity contribution >= 4 is 77.1 Å². The first kappa shape index (κ1) is 49.9. The summed E-state index contributed by atoms with van der Waals surface area (Å²) in [5, 5.41) is 72.3. The van der Waals surface area contributed by atoms with Gasteiger partial charge >= 0.3 is 0 Å². The number of primary amides is 1. The van der Waals surface area contributed by atoms with E-state index in [1.54, 1.807) is 6.07 Å². The van der Waals surface area contributed by atoms with E-state index in [9.17, 15) is 48.8 Å². The molecule has 7 amide bonds. The summed E-state index contributed by atoms with van der Waals surface area (Å²) >= 11 is 0. The lowest BCUT2D eigenvalue weighted by molar-refractivity contribution is -0.384. The monoisotopic (exact) mass is 884 g/mol. The number of carbonyl (C=O) groups excluding carboxylic acids is 7. The Balaban J connectivity index is 2.35. The summed E-state index contributed by atoms with van der Waals surface area (Å²) in [5.74, 6) is -12.9. The van der Waals surface area contributed by atoms with E-state index in [-0.39, 0.29) is 16.8 Å². The van der Waals surface area contributed by atoms with Crippen molar-refractivity contribution in [1.82, 2.24) is 53.2 Å². The first-order chi connectivity index (χ1) is 29.5. The normalized spacial score (nSPS) is 13.9. The quantitative estimate of drug-likeness (QED) is 0.0182. The third kappa shape index (κ3) is 16.9. The lowest BCUT2D eigenvalue weighted by atomic mass is 10.1. The third-order valence-electron chi connectivity index (χ3n) is 7.38. The van der Waals surface area contributed by atoms with E-state index in [1.807, 2.05) is 37.2 Å². The number of hydrogen-bond donors (Lipinski definition) is 21. The van der Waals surface area contributed by atoms with Crippen molar-refractivity contribution in [3.05, 3.63) is 75.8 Å². The number of rotatable bonds is 21. The smallest absolute Gasteiger partial charge is 0.272 e. The van der Waals surface area contributed by atoms with Gasteiger partial charge in [0.25, 0.3) is 41.1 Å². The number of nitro benzene ring substituents is 1. The maximum atomic E-state index is 13.7. The number of hydrogen-bond acceptors (Lipinski definition) is 16. The molecule has 0 heterocycles. The molecule has 0 saturated heterocycles. The number of nitrogens with zero attached hydrogens (tertiary/aromatic N) is 2. The van der Waals surface area contributed by atoms with Crippen LogP contribution in [0.3, 0.4) is 0 Å². The van der Waals surface area contributed by atoms with Gasteiger partial charge in [0.15, 0.2) is 54.7 Å². The summed E-state index contributed by atoms with van der Waals surface area (Å²) in [5.41, 5.74) is 32.0. The van der Waals surface area contributed by atoms with Gasteiger partial charge < -0.3 is 92.7 Å². The van der Waals surface area contributed by atoms with Crippen molar-refractivity contribution in [1.29, 1.82) is 21.6 Å². The zero-order chi connectivity index (χ0) is 47.6. The number of amides is 7. The molecular weight excluding hydrogens is 840 g/mol. The molecule has 0 spiro atoms. The molecule has 0 aliphatic rings. The zero-order valence-electron chi connectivity index (χ0n) is 32.3. The van der Waals surface area contributed by atoms with Gasteiger partial charge in [0.05, 0.1) is 4.92 Å². The Labute approximate surface area is 353 Å². The molecule has 0 aliphatic heterocycles. The van der Waals surface area contributed by atoms with E-state index in [4.69, 9.17) is 56.0 Å². The average Bonchev–Trinajstić information content (AvgIpc) is 3.20. The molecular formula is C31H44N22O10. The number of nitrogens with two attached hydrogens (primary N) is 6. The van der Waals surface area contributed by atoms with Gasteiger partial charge in [-0.1, -0.05) is 30.3 Å². The van der Waals surface area contributed by atoms with E-state index in [0.717, 1.165) is 18.3 Å². The number of benzene rings is 2. The molecule has 32 nitrogen and oxygen atoms in total. The molecule has 0 aromatic heterocycles. The molecule has 0 fully saturated rings. The molecule has 2 rings (SSSR count). The minimum absolute atomic E-state index is 0.0867. The van der Waals surface area contributed by atoms with Gasteiger partial charge in [-0.15, -0.1) is 0 Å². The van der Waals surface area contributed by atoms with Crippen LogP contribution in [0.2, 0.25) is 0 Å². The first-order valence-electron chi connectivity index (χ1n) is 17.3.